The number of hydrogen-bond donors (Lipinski definition) is 2. The summed E-state index contributed by atoms with van der Waals surface area (Å²) in [6.45, 7) is 4.37. The predicted molar refractivity (Wildman–Crippen MR) is 99.8 cm³/mol. The third-order valence-corrected chi connectivity index (χ3v) is 5.51. The average Bonchev–Trinajstić information content (AvgIpc) is 2.62. The van der Waals surface area contributed by atoms with Gasteiger partial charge in [0.2, 0.25) is 0 Å². The van der Waals surface area contributed by atoms with E-state index < -0.39 is 5.60 Å². The number of rotatable bonds is 5. The minimum atomic E-state index is -0.615. The van der Waals surface area contributed by atoms with Gasteiger partial charge < -0.3 is 10.4 Å². The van der Waals surface area contributed by atoms with Gasteiger partial charge in [0.05, 0.1) is 5.60 Å². The molecule has 0 spiro atoms. The largest absolute Gasteiger partial charge is 0.389 e. The summed E-state index contributed by atoms with van der Waals surface area (Å²) < 4.78 is 0. The van der Waals surface area contributed by atoms with E-state index in [2.05, 4.69) is 73.8 Å². The van der Waals surface area contributed by atoms with Crippen LogP contribution >= 0.6 is 0 Å². The Morgan fingerprint density at radius 3 is 2.08 bits per heavy atom. The maximum atomic E-state index is 11.6. The van der Waals surface area contributed by atoms with Crippen LogP contribution in [0.3, 0.4) is 0 Å². The first-order valence-electron chi connectivity index (χ1n) is 9.26. The SMILES string of the molecule is CCC[C@@]1(O)C[C@@H](c2ccccc2)N[C@H](c2ccccc2)[C@@H]1CC. The summed E-state index contributed by atoms with van der Waals surface area (Å²) in [6.07, 6.45) is 3.63. The quantitative estimate of drug-likeness (QED) is 0.810. The molecular formula is C22H29NO. The maximum Gasteiger partial charge on any atom is 0.0711 e. The Labute approximate surface area is 145 Å². The summed E-state index contributed by atoms with van der Waals surface area (Å²) in [7, 11) is 0. The van der Waals surface area contributed by atoms with Gasteiger partial charge in [-0.2, -0.15) is 0 Å². The molecule has 0 saturated carbocycles. The fraction of sp³-hybridized carbons (Fsp3) is 0.455. The Kier molecular flexibility index (Phi) is 5.37. The van der Waals surface area contributed by atoms with Crippen LogP contribution in [0.5, 0.6) is 0 Å². The van der Waals surface area contributed by atoms with Crippen LogP contribution in [0.15, 0.2) is 60.7 Å². The highest BCUT2D eigenvalue weighted by molar-refractivity contribution is 5.26. The summed E-state index contributed by atoms with van der Waals surface area (Å²) in [5, 5.41) is 15.4. The molecule has 0 amide bonds. The van der Waals surface area contributed by atoms with Gasteiger partial charge in [0.1, 0.15) is 0 Å². The van der Waals surface area contributed by atoms with E-state index in [0.717, 1.165) is 25.7 Å². The summed E-state index contributed by atoms with van der Waals surface area (Å²) in [5.41, 5.74) is 1.93. The van der Waals surface area contributed by atoms with E-state index in [9.17, 15) is 5.11 Å². The zero-order valence-electron chi connectivity index (χ0n) is 14.8. The topological polar surface area (TPSA) is 32.3 Å². The first-order chi connectivity index (χ1) is 11.7. The molecule has 2 N–H and O–H groups in total. The van der Waals surface area contributed by atoms with Crippen molar-refractivity contribution < 1.29 is 5.11 Å². The summed E-state index contributed by atoms with van der Waals surface area (Å²) in [5.74, 6) is 0.236. The molecule has 0 unspecified atom stereocenters. The van der Waals surface area contributed by atoms with Crippen LogP contribution in [0.4, 0.5) is 0 Å². The molecule has 0 aliphatic carbocycles. The predicted octanol–water partition coefficient (Wildman–Crippen LogP) is 5.02. The van der Waals surface area contributed by atoms with Crippen molar-refractivity contribution in [3.05, 3.63) is 71.8 Å². The van der Waals surface area contributed by atoms with E-state index in [1.54, 1.807) is 0 Å². The highest BCUT2D eigenvalue weighted by atomic mass is 16.3. The summed E-state index contributed by atoms with van der Waals surface area (Å²) in [6, 6.07) is 21.5. The number of benzene rings is 2. The van der Waals surface area contributed by atoms with Crippen molar-refractivity contribution in [1.82, 2.24) is 5.32 Å². The number of hydrogen-bond acceptors (Lipinski definition) is 2. The third-order valence-electron chi connectivity index (χ3n) is 5.51. The lowest BCUT2D eigenvalue weighted by Gasteiger charge is -2.49. The number of nitrogens with one attached hydrogen (secondary N) is 1. The van der Waals surface area contributed by atoms with Crippen LogP contribution < -0.4 is 5.32 Å². The van der Waals surface area contributed by atoms with E-state index in [0.29, 0.717) is 0 Å². The molecule has 1 heterocycles. The Morgan fingerprint density at radius 2 is 1.54 bits per heavy atom. The molecule has 1 aliphatic rings. The molecule has 0 bridgehead atoms. The summed E-state index contributed by atoms with van der Waals surface area (Å²) in [4.78, 5) is 0. The molecule has 0 radical (unpaired) electrons. The van der Waals surface area contributed by atoms with Gasteiger partial charge >= 0.3 is 0 Å². The van der Waals surface area contributed by atoms with Gasteiger partial charge in [-0.3, -0.25) is 0 Å². The lowest BCUT2D eigenvalue weighted by atomic mass is 9.68. The van der Waals surface area contributed by atoms with E-state index in [4.69, 9.17) is 0 Å². The summed E-state index contributed by atoms with van der Waals surface area (Å²) >= 11 is 0. The van der Waals surface area contributed by atoms with Crippen LogP contribution in [0.25, 0.3) is 0 Å². The van der Waals surface area contributed by atoms with Gasteiger partial charge in [-0.25, -0.2) is 0 Å². The molecule has 1 aliphatic heterocycles. The van der Waals surface area contributed by atoms with Crippen molar-refractivity contribution in [1.29, 1.82) is 0 Å². The van der Waals surface area contributed by atoms with Crippen molar-refractivity contribution in [2.45, 2.75) is 57.2 Å². The third kappa shape index (κ3) is 3.40. The monoisotopic (exact) mass is 323 g/mol. The first kappa shape index (κ1) is 17.2. The van der Waals surface area contributed by atoms with Crippen LogP contribution in [0.2, 0.25) is 0 Å². The molecule has 2 nitrogen and oxygen atoms in total. The van der Waals surface area contributed by atoms with E-state index in [1.807, 2.05) is 6.07 Å². The Balaban J connectivity index is 1.98. The van der Waals surface area contributed by atoms with E-state index in [-0.39, 0.29) is 18.0 Å². The smallest absolute Gasteiger partial charge is 0.0711 e. The number of aliphatic hydroxyl groups is 1. The van der Waals surface area contributed by atoms with Gasteiger partial charge in [0.25, 0.3) is 0 Å². The lowest BCUT2D eigenvalue weighted by molar-refractivity contribution is -0.0827. The Bertz CT molecular complexity index is 627. The lowest BCUT2D eigenvalue weighted by Crippen LogP contribution is -2.52. The first-order valence-corrected chi connectivity index (χ1v) is 9.26. The molecule has 2 heteroatoms. The minimum Gasteiger partial charge on any atom is -0.389 e. The van der Waals surface area contributed by atoms with E-state index >= 15 is 0 Å². The Morgan fingerprint density at radius 1 is 0.958 bits per heavy atom. The zero-order chi connectivity index (χ0) is 17.0. The second-order valence-corrected chi connectivity index (χ2v) is 7.09. The molecule has 1 saturated heterocycles. The van der Waals surface area contributed by atoms with Crippen LogP contribution in [0, 0.1) is 5.92 Å². The van der Waals surface area contributed by atoms with Crippen LogP contribution in [0.1, 0.15) is 62.7 Å². The van der Waals surface area contributed by atoms with Crippen molar-refractivity contribution >= 4 is 0 Å². The van der Waals surface area contributed by atoms with E-state index in [1.165, 1.54) is 11.1 Å². The standard InChI is InChI=1S/C22H29NO/c1-3-15-22(24)16-20(17-11-7-5-8-12-17)23-21(19(22)4-2)18-13-9-6-10-14-18/h5-14,19-21,23-24H,3-4,15-16H2,1-2H3/t19-,20-,21+,22+/m0/s1. The normalized spacial score (nSPS) is 30.2. The molecule has 2 aromatic rings. The highest BCUT2D eigenvalue weighted by Gasteiger charge is 2.46. The highest BCUT2D eigenvalue weighted by Crippen LogP contribution is 2.46. The Hall–Kier alpha value is -1.64. The van der Waals surface area contributed by atoms with Gasteiger partial charge in [0.15, 0.2) is 0 Å². The van der Waals surface area contributed by atoms with Gasteiger partial charge in [0, 0.05) is 18.0 Å². The van der Waals surface area contributed by atoms with Crippen molar-refractivity contribution in [2.75, 3.05) is 0 Å². The minimum absolute atomic E-state index is 0.187. The van der Waals surface area contributed by atoms with Crippen LogP contribution in [-0.4, -0.2) is 10.7 Å². The van der Waals surface area contributed by atoms with Crippen molar-refractivity contribution in [3.63, 3.8) is 0 Å². The molecule has 4 atom stereocenters. The number of piperidine rings is 1. The molecule has 2 aromatic carbocycles. The fourth-order valence-electron chi connectivity index (χ4n) is 4.43. The molecule has 24 heavy (non-hydrogen) atoms. The zero-order valence-corrected chi connectivity index (χ0v) is 14.8. The molecule has 128 valence electrons. The second-order valence-electron chi connectivity index (χ2n) is 7.09. The van der Waals surface area contributed by atoms with Crippen molar-refractivity contribution in [2.24, 2.45) is 5.92 Å². The van der Waals surface area contributed by atoms with Gasteiger partial charge in [-0.05, 0) is 30.4 Å². The maximum absolute atomic E-state index is 11.6. The average molecular weight is 323 g/mol. The molecule has 0 aromatic heterocycles. The van der Waals surface area contributed by atoms with Crippen LogP contribution in [-0.2, 0) is 0 Å². The molecule has 1 fully saturated rings. The van der Waals surface area contributed by atoms with Gasteiger partial charge in [-0.1, -0.05) is 80.9 Å². The van der Waals surface area contributed by atoms with Gasteiger partial charge in [-0.15, -0.1) is 0 Å². The van der Waals surface area contributed by atoms with Crippen molar-refractivity contribution in [3.8, 4) is 0 Å². The molecule has 3 rings (SSSR count). The molecular weight excluding hydrogens is 294 g/mol. The second kappa shape index (κ2) is 7.50. The fourth-order valence-corrected chi connectivity index (χ4v) is 4.43.